The normalized spacial score (nSPS) is 27.8. The van der Waals surface area contributed by atoms with Crippen molar-refractivity contribution < 1.29 is 4.74 Å². The Morgan fingerprint density at radius 2 is 2.31 bits per heavy atom. The summed E-state index contributed by atoms with van der Waals surface area (Å²) < 4.78 is 5.69. The van der Waals surface area contributed by atoms with Gasteiger partial charge in [0.05, 0.1) is 18.3 Å². The van der Waals surface area contributed by atoms with E-state index < -0.39 is 0 Å². The Balaban J connectivity index is 2.14. The minimum Gasteiger partial charge on any atom is -0.374 e. The van der Waals surface area contributed by atoms with Crippen LogP contribution in [0.5, 0.6) is 0 Å². The SMILES string of the molecule is CC1CCC(CN(C)CCC#N)O1. The maximum Gasteiger partial charge on any atom is 0.0706 e. The third-order valence-electron chi connectivity index (χ3n) is 2.44. The molecular formula is C10H18N2O. The fourth-order valence-electron chi connectivity index (χ4n) is 1.70. The third kappa shape index (κ3) is 3.75. The number of ether oxygens (including phenoxy) is 1. The number of nitriles is 1. The zero-order valence-electron chi connectivity index (χ0n) is 8.49. The summed E-state index contributed by atoms with van der Waals surface area (Å²) in [7, 11) is 2.05. The van der Waals surface area contributed by atoms with E-state index in [0.29, 0.717) is 18.6 Å². The van der Waals surface area contributed by atoms with Gasteiger partial charge in [-0.05, 0) is 26.8 Å². The zero-order chi connectivity index (χ0) is 9.68. The van der Waals surface area contributed by atoms with Gasteiger partial charge in [0.1, 0.15) is 0 Å². The zero-order valence-corrected chi connectivity index (χ0v) is 8.49. The van der Waals surface area contributed by atoms with Gasteiger partial charge in [0, 0.05) is 19.5 Å². The van der Waals surface area contributed by atoms with E-state index in [4.69, 9.17) is 10.00 Å². The van der Waals surface area contributed by atoms with Crippen molar-refractivity contribution in [1.29, 1.82) is 5.26 Å². The molecule has 0 aromatic rings. The van der Waals surface area contributed by atoms with Crippen LogP contribution < -0.4 is 0 Å². The first-order chi connectivity index (χ1) is 6.22. The number of rotatable bonds is 4. The molecule has 0 aliphatic carbocycles. The van der Waals surface area contributed by atoms with Crippen LogP contribution in [-0.4, -0.2) is 37.2 Å². The number of likely N-dealkylation sites (N-methyl/N-ethyl adjacent to an activating group) is 1. The topological polar surface area (TPSA) is 36.3 Å². The second-order valence-corrected chi connectivity index (χ2v) is 3.82. The van der Waals surface area contributed by atoms with Gasteiger partial charge in [-0.3, -0.25) is 0 Å². The highest BCUT2D eigenvalue weighted by atomic mass is 16.5. The lowest BCUT2D eigenvalue weighted by Crippen LogP contribution is -2.29. The predicted octanol–water partition coefficient (Wildman–Crippen LogP) is 1.40. The van der Waals surface area contributed by atoms with Gasteiger partial charge in [-0.1, -0.05) is 0 Å². The van der Waals surface area contributed by atoms with E-state index in [1.807, 2.05) is 7.05 Å². The summed E-state index contributed by atoms with van der Waals surface area (Å²) in [5, 5.41) is 8.41. The van der Waals surface area contributed by atoms with Crippen LogP contribution >= 0.6 is 0 Å². The van der Waals surface area contributed by atoms with Crippen LogP contribution in [0.1, 0.15) is 26.2 Å². The summed E-state index contributed by atoms with van der Waals surface area (Å²) in [4.78, 5) is 2.17. The first-order valence-electron chi connectivity index (χ1n) is 4.93. The lowest BCUT2D eigenvalue weighted by Gasteiger charge is -2.19. The molecule has 1 aliphatic rings. The van der Waals surface area contributed by atoms with Gasteiger partial charge in [0.25, 0.3) is 0 Å². The minimum absolute atomic E-state index is 0.388. The molecule has 0 radical (unpaired) electrons. The number of hydrogen-bond acceptors (Lipinski definition) is 3. The smallest absolute Gasteiger partial charge is 0.0706 e. The molecule has 0 spiro atoms. The largest absolute Gasteiger partial charge is 0.374 e. The van der Waals surface area contributed by atoms with Crippen molar-refractivity contribution in [2.24, 2.45) is 0 Å². The Morgan fingerprint density at radius 3 is 2.85 bits per heavy atom. The summed E-state index contributed by atoms with van der Waals surface area (Å²) in [6.45, 7) is 3.94. The molecule has 0 N–H and O–H groups in total. The van der Waals surface area contributed by atoms with Crippen molar-refractivity contribution in [3.8, 4) is 6.07 Å². The third-order valence-corrected chi connectivity index (χ3v) is 2.44. The van der Waals surface area contributed by atoms with Gasteiger partial charge in [-0.2, -0.15) is 5.26 Å². The highest BCUT2D eigenvalue weighted by Gasteiger charge is 2.22. The summed E-state index contributed by atoms with van der Waals surface area (Å²) >= 11 is 0. The van der Waals surface area contributed by atoms with E-state index in [0.717, 1.165) is 19.5 Å². The first-order valence-corrected chi connectivity index (χ1v) is 4.93. The van der Waals surface area contributed by atoms with Gasteiger partial charge >= 0.3 is 0 Å². The van der Waals surface area contributed by atoms with E-state index >= 15 is 0 Å². The predicted molar refractivity (Wildman–Crippen MR) is 51.3 cm³/mol. The highest BCUT2D eigenvalue weighted by molar-refractivity contribution is 4.76. The summed E-state index contributed by atoms with van der Waals surface area (Å²) in [5.41, 5.74) is 0. The average Bonchev–Trinajstić information content (AvgIpc) is 2.48. The van der Waals surface area contributed by atoms with Crippen LogP contribution in [0.4, 0.5) is 0 Å². The van der Waals surface area contributed by atoms with Crippen LogP contribution in [0.2, 0.25) is 0 Å². The summed E-state index contributed by atoms with van der Waals surface area (Å²) in [6, 6.07) is 2.15. The maximum atomic E-state index is 8.41. The fraction of sp³-hybridized carbons (Fsp3) is 0.900. The lowest BCUT2D eigenvalue weighted by atomic mass is 10.2. The Bertz CT molecular complexity index is 188. The molecule has 0 aromatic heterocycles. The van der Waals surface area contributed by atoms with Crippen molar-refractivity contribution in [1.82, 2.24) is 4.90 Å². The van der Waals surface area contributed by atoms with Gasteiger partial charge in [-0.25, -0.2) is 0 Å². The number of hydrogen-bond donors (Lipinski definition) is 0. The molecule has 3 heteroatoms. The molecule has 0 saturated carbocycles. The Hall–Kier alpha value is -0.590. The standard InChI is InChI=1S/C10H18N2O/c1-9-4-5-10(13-9)8-12(2)7-3-6-11/h9-10H,3-5,7-8H2,1-2H3. The van der Waals surface area contributed by atoms with E-state index in [1.54, 1.807) is 0 Å². The summed E-state index contributed by atoms with van der Waals surface area (Å²) in [6.07, 6.45) is 3.76. The van der Waals surface area contributed by atoms with E-state index in [9.17, 15) is 0 Å². The van der Waals surface area contributed by atoms with Crippen molar-refractivity contribution in [3.05, 3.63) is 0 Å². The second-order valence-electron chi connectivity index (χ2n) is 3.82. The van der Waals surface area contributed by atoms with Gasteiger partial charge < -0.3 is 9.64 Å². The molecule has 1 saturated heterocycles. The van der Waals surface area contributed by atoms with E-state index in [1.165, 1.54) is 6.42 Å². The first kappa shape index (κ1) is 10.5. The highest BCUT2D eigenvalue weighted by Crippen LogP contribution is 2.19. The average molecular weight is 182 g/mol. The van der Waals surface area contributed by atoms with E-state index in [2.05, 4.69) is 17.9 Å². The van der Waals surface area contributed by atoms with Gasteiger partial charge in [0.2, 0.25) is 0 Å². The lowest BCUT2D eigenvalue weighted by molar-refractivity contribution is 0.0369. The fourth-order valence-corrected chi connectivity index (χ4v) is 1.70. The Kier molecular flexibility index (Phi) is 4.20. The molecule has 74 valence electrons. The molecule has 2 atom stereocenters. The van der Waals surface area contributed by atoms with Crippen LogP contribution in [0.25, 0.3) is 0 Å². The monoisotopic (exact) mass is 182 g/mol. The Labute approximate surface area is 80.3 Å². The maximum absolute atomic E-state index is 8.41. The van der Waals surface area contributed by atoms with Gasteiger partial charge in [-0.15, -0.1) is 0 Å². The van der Waals surface area contributed by atoms with Crippen LogP contribution in [0, 0.1) is 11.3 Å². The summed E-state index contributed by atoms with van der Waals surface area (Å²) in [5.74, 6) is 0. The number of nitrogens with zero attached hydrogens (tertiary/aromatic N) is 2. The van der Waals surface area contributed by atoms with E-state index in [-0.39, 0.29) is 0 Å². The minimum atomic E-state index is 0.388. The van der Waals surface area contributed by atoms with Crippen LogP contribution in [0.15, 0.2) is 0 Å². The Morgan fingerprint density at radius 1 is 1.54 bits per heavy atom. The molecule has 0 bridgehead atoms. The molecule has 1 fully saturated rings. The molecule has 2 unspecified atom stereocenters. The van der Waals surface area contributed by atoms with Crippen molar-refractivity contribution in [3.63, 3.8) is 0 Å². The molecule has 0 amide bonds. The quantitative estimate of drug-likeness (QED) is 0.659. The van der Waals surface area contributed by atoms with Crippen molar-refractivity contribution in [2.75, 3.05) is 20.1 Å². The molecule has 13 heavy (non-hydrogen) atoms. The molecule has 1 rings (SSSR count). The molecule has 1 heterocycles. The molecule has 0 aromatic carbocycles. The van der Waals surface area contributed by atoms with Gasteiger partial charge in [0.15, 0.2) is 0 Å². The molecular weight excluding hydrogens is 164 g/mol. The molecule has 1 aliphatic heterocycles. The second kappa shape index (κ2) is 5.21. The van der Waals surface area contributed by atoms with Crippen LogP contribution in [-0.2, 0) is 4.74 Å². The van der Waals surface area contributed by atoms with Crippen LogP contribution in [0.3, 0.4) is 0 Å². The van der Waals surface area contributed by atoms with Crippen molar-refractivity contribution in [2.45, 2.75) is 38.4 Å². The van der Waals surface area contributed by atoms with Crippen molar-refractivity contribution >= 4 is 0 Å². The molecule has 3 nitrogen and oxygen atoms in total.